The second kappa shape index (κ2) is 8.43. The van der Waals surface area contributed by atoms with E-state index in [1.807, 2.05) is 0 Å². The molecule has 1 saturated heterocycles. The number of esters is 1. The van der Waals surface area contributed by atoms with Crippen molar-refractivity contribution in [2.24, 2.45) is 29.6 Å². The van der Waals surface area contributed by atoms with Crippen LogP contribution in [0, 0.1) is 29.6 Å². The average Bonchev–Trinajstić information content (AvgIpc) is 3.39. The zero-order valence-corrected chi connectivity index (χ0v) is 18.8. The second-order valence-electron chi connectivity index (χ2n) is 8.90. The maximum Gasteiger partial charge on any atom is 0.330 e. The first-order valence-corrected chi connectivity index (χ1v) is 11.2. The van der Waals surface area contributed by atoms with Gasteiger partial charge in [-0.1, -0.05) is 37.0 Å². The van der Waals surface area contributed by atoms with Crippen molar-refractivity contribution in [1.82, 2.24) is 4.90 Å². The van der Waals surface area contributed by atoms with E-state index in [1.165, 1.54) is 12.1 Å². The van der Waals surface area contributed by atoms with Gasteiger partial charge in [-0.05, 0) is 55.2 Å². The number of nitrogens with one attached hydrogen (secondary N) is 1. The number of amides is 3. The van der Waals surface area contributed by atoms with Gasteiger partial charge in [0.25, 0.3) is 5.91 Å². The molecule has 9 heteroatoms. The quantitative estimate of drug-likeness (QED) is 0.511. The number of rotatable bonds is 6. The molecule has 7 nitrogen and oxygen atoms in total. The standard InChI is InChI=1S/C22H24Cl2N2O5/c1-10(2)19(26-20(28)17-11-3-4-12(7-11)18(17)21(26)29)22(30)31-9-16(27)25-15-8-13(23)5-6-14(15)24/h5-6,8,10-12,17-19H,3-4,7,9H2,1-2H3,(H,25,27)/t11-,12-,17-,18+,19+/m0/s1. The summed E-state index contributed by atoms with van der Waals surface area (Å²) in [5, 5.41) is 3.22. The highest BCUT2D eigenvalue weighted by atomic mass is 35.5. The van der Waals surface area contributed by atoms with E-state index in [-0.39, 0.29) is 41.4 Å². The molecular formula is C22H24Cl2N2O5. The van der Waals surface area contributed by atoms with Gasteiger partial charge in [-0.25, -0.2) is 4.79 Å². The third kappa shape index (κ3) is 3.94. The van der Waals surface area contributed by atoms with Crippen LogP contribution in [0.3, 0.4) is 0 Å². The fraction of sp³-hybridized carbons (Fsp3) is 0.545. The Labute approximate surface area is 190 Å². The highest BCUT2D eigenvalue weighted by Gasteiger charge is 2.62. The number of halogens is 2. The van der Waals surface area contributed by atoms with Crippen LogP contribution in [0.2, 0.25) is 10.0 Å². The molecule has 2 saturated carbocycles. The summed E-state index contributed by atoms with van der Waals surface area (Å²) in [5.74, 6) is -2.42. The minimum Gasteiger partial charge on any atom is -0.454 e. The highest BCUT2D eigenvalue weighted by Crippen LogP contribution is 2.56. The van der Waals surface area contributed by atoms with Gasteiger partial charge in [-0.2, -0.15) is 0 Å². The number of hydrogen-bond acceptors (Lipinski definition) is 5. The Kier molecular flexibility index (Phi) is 6.01. The summed E-state index contributed by atoms with van der Waals surface area (Å²) in [6, 6.07) is 3.55. The molecule has 3 fully saturated rings. The van der Waals surface area contributed by atoms with E-state index < -0.39 is 24.5 Å². The van der Waals surface area contributed by atoms with E-state index in [2.05, 4.69) is 5.32 Å². The van der Waals surface area contributed by atoms with Crippen molar-refractivity contribution in [3.63, 3.8) is 0 Å². The van der Waals surface area contributed by atoms with Crippen molar-refractivity contribution in [3.05, 3.63) is 28.2 Å². The zero-order valence-electron chi connectivity index (χ0n) is 17.3. The smallest absolute Gasteiger partial charge is 0.330 e. The highest BCUT2D eigenvalue weighted by molar-refractivity contribution is 6.35. The van der Waals surface area contributed by atoms with E-state index >= 15 is 0 Å². The molecule has 166 valence electrons. The summed E-state index contributed by atoms with van der Waals surface area (Å²) in [7, 11) is 0. The van der Waals surface area contributed by atoms with Crippen molar-refractivity contribution in [2.45, 2.75) is 39.2 Å². The average molecular weight is 467 g/mol. The second-order valence-corrected chi connectivity index (χ2v) is 9.74. The van der Waals surface area contributed by atoms with Gasteiger partial charge < -0.3 is 10.1 Å². The largest absolute Gasteiger partial charge is 0.454 e. The lowest BCUT2D eigenvalue weighted by molar-refractivity contribution is -0.162. The Bertz CT molecular complexity index is 922. The van der Waals surface area contributed by atoms with Crippen LogP contribution in [0.1, 0.15) is 33.1 Å². The summed E-state index contributed by atoms with van der Waals surface area (Å²) >= 11 is 11.9. The van der Waals surface area contributed by atoms with Crippen molar-refractivity contribution in [3.8, 4) is 0 Å². The summed E-state index contributed by atoms with van der Waals surface area (Å²) in [5.41, 5.74) is 0.295. The van der Waals surface area contributed by atoms with Crippen molar-refractivity contribution >= 4 is 52.6 Å². The minimum absolute atomic E-state index is 0.230. The van der Waals surface area contributed by atoms with Crippen molar-refractivity contribution in [2.75, 3.05) is 11.9 Å². The number of carbonyl (C=O) groups is 4. The molecule has 1 aromatic rings. The van der Waals surface area contributed by atoms with Crippen LogP contribution >= 0.6 is 23.2 Å². The fourth-order valence-electron chi connectivity index (χ4n) is 5.38. The van der Waals surface area contributed by atoms with Crippen molar-refractivity contribution in [1.29, 1.82) is 0 Å². The lowest BCUT2D eigenvalue weighted by Gasteiger charge is -2.28. The molecule has 2 aliphatic carbocycles. The summed E-state index contributed by atoms with van der Waals surface area (Å²) < 4.78 is 5.20. The van der Waals surface area contributed by atoms with Gasteiger partial charge in [-0.15, -0.1) is 0 Å². The monoisotopic (exact) mass is 466 g/mol. The molecule has 4 rings (SSSR count). The fourth-order valence-corrected chi connectivity index (χ4v) is 5.72. The predicted molar refractivity (Wildman–Crippen MR) is 114 cm³/mol. The van der Waals surface area contributed by atoms with Crippen LogP contribution in [-0.2, 0) is 23.9 Å². The molecule has 3 amide bonds. The third-order valence-electron chi connectivity index (χ3n) is 6.66. The topological polar surface area (TPSA) is 92.8 Å². The first-order valence-electron chi connectivity index (χ1n) is 10.5. The van der Waals surface area contributed by atoms with E-state index in [0.29, 0.717) is 15.7 Å². The number of anilines is 1. The Morgan fingerprint density at radius 1 is 1.13 bits per heavy atom. The van der Waals surface area contributed by atoms with E-state index in [4.69, 9.17) is 27.9 Å². The van der Waals surface area contributed by atoms with Gasteiger partial charge in [0.05, 0.1) is 22.5 Å². The Morgan fingerprint density at radius 3 is 2.32 bits per heavy atom. The predicted octanol–water partition coefficient (Wildman–Crippen LogP) is 3.53. The Morgan fingerprint density at radius 2 is 1.74 bits per heavy atom. The van der Waals surface area contributed by atoms with E-state index in [9.17, 15) is 19.2 Å². The number of likely N-dealkylation sites (tertiary alicyclic amines) is 1. The molecule has 1 aliphatic heterocycles. The van der Waals surface area contributed by atoms with Crippen LogP contribution in [0.4, 0.5) is 5.69 Å². The lowest BCUT2D eigenvalue weighted by Crippen LogP contribution is -2.50. The van der Waals surface area contributed by atoms with Crippen LogP contribution in [0.15, 0.2) is 18.2 Å². The molecular weight excluding hydrogens is 443 g/mol. The molecule has 0 unspecified atom stereocenters. The van der Waals surface area contributed by atoms with Gasteiger partial charge in [-0.3, -0.25) is 19.3 Å². The first-order chi connectivity index (χ1) is 14.7. The first kappa shape index (κ1) is 22.1. The molecule has 31 heavy (non-hydrogen) atoms. The summed E-state index contributed by atoms with van der Waals surface area (Å²) in [4.78, 5) is 52.3. The molecule has 2 bridgehead atoms. The van der Waals surface area contributed by atoms with Crippen LogP contribution in [-0.4, -0.2) is 41.2 Å². The van der Waals surface area contributed by atoms with Crippen LogP contribution in [0.25, 0.3) is 0 Å². The van der Waals surface area contributed by atoms with Gasteiger partial charge in [0.2, 0.25) is 11.8 Å². The number of ether oxygens (including phenoxy) is 1. The van der Waals surface area contributed by atoms with Crippen LogP contribution in [0.5, 0.6) is 0 Å². The molecule has 1 N–H and O–H groups in total. The summed E-state index contributed by atoms with van der Waals surface area (Å²) in [6.07, 6.45) is 2.84. The molecule has 0 aromatic heterocycles. The van der Waals surface area contributed by atoms with Crippen molar-refractivity contribution < 1.29 is 23.9 Å². The third-order valence-corrected chi connectivity index (χ3v) is 7.23. The Hall–Kier alpha value is -2.12. The maximum absolute atomic E-state index is 13.1. The Balaban J connectivity index is 1.42. The van der Waals surface area contributed by atoms with Crippen LogP contribution < -0.4 is 5.32 Å². The molecule has 1 heterocycles. The molecule has 5 atom stereocenters. The minimum atomic E-state index is -1.05. The molecule has 1 aromatic carbocycles. The normalized spacial score (nSPS) is 27.6. The number of benzene rings is 1. The van der Waals surface area contributed by atoms with E-state index in [1.54, 1.807) is 19.9 Å². The van der Waals surface area contributed by atoms with E-state index in [0.717, 1.165) is 24.2 Å². The SMILES string of the molecule is CC(C)[C@H](C(=O)OCC(=O)Nc1cc(Cl)ccc1Cl)N1C(=O)[C@@H]2[C@H]3CC[C@@H](C3)[C@@H]2C1=O. The van der Waals surface area contributed by atoms with Gasteiger partial charge in [0.15, 0.2) is 6.61 Å². The number of nitrogens with zero attached hydrogens (tertiary/aromatic N) is 1. The molecule has 0 spiro atoms. The molecule has 0 radical (unpaired) electrons. The van der Waals surface area contributed by atoms with Gasteiger partial charge in [0.1, 0.15) is 6.04 Å². The molecule has 3 aliphatic rings. The summed E-state index contributed by atoms with van der Waals surface area (Å²) in [6.45, 7) is 2.93. The van der Waals surface area contributed by atoms with Gasteiger partial charge in [0, 0.05) is 5.02 Å². The maximum atomic E-state index is 13.1. The zero-order chi connectivity index (χ0) is 22.4. The number of imide groups is 1. The number of hydrogen-bond donors (Lipinski definition) is 1. The number of carbonyl (C=O) groups excluding carboxylic acids is 4. The number of fused-ring (bicyclic) bond motifs is 5. The lowest BCUT2D eigenvalue weighted by atomic mass is 9.81. The van der Waals surface area contributed by atoms with Gasteiger partial charge >= 0.3 is 5.97 Å².